The number of nitrogens with one attached hydrogen (secondary N) is 2. The zero-order valence-electron chi connectivity index (χ0n) is 14.9. The molecule has 0 aliphatic heterocycles. The van der Waals surface area contributed by atoms with Gasteiger partial charge in [0.05, 0.1) is 6.54 Å². The monoisotopic (exact) mass is 395 g/mol. The molecular weight excluding hydrogens is 370 g/mol. The first-order valence-electron chi connectivity index (χ1n) is 8.43. The van der Waals surface area contributed by atoms with Gasteiger partial charge in [-0.1, -0.05) is 44.2 Å². The fourth-order valence-electron chi connectivity index (χ4n) is 2.52. The minimum atomic E-state index is -3.69. The molecule has 0 fully saturated rings. The summed E-state index contributed by atoms with van der Waals surface area (Å²) >= 11 is 1.06. The molecular formula is C18H25N3O3S2. The third kappa shape index (κ3) is 6.44. The van der Waals surface area contributed by atoms with Gasteiger partial charge in [-0.3, -0.25) is 0 Å². The number of benzene rings is 1. The van der Waals surface area contributed by atoms with E-state index in [0.717, 1.165) is 22.6 Å². The van der Waals surface area contributed by atoms with Crippen LogP contribution in [0.1, 0.15) is 24.3 Å². The van der Waals surface area contributed by atoms with Crippen molar-refractivity contribution in [2.75, 3.05) is 6.54 Å². The Morgan fingerprint density at radius 2 is 1.81 bits per heavy atom. The second kappa shape index (κ2) is 9.16. The Labute approximate surface area is 158 Å². The van der Waals surface area contributed by atoms with Crippen LogP contribution in [0.5, 0.6) is 0 Å². The lowest BCUT2D eigenvalue weighted by atomic mass is 9.89. The van der Waals surface area contributed by atoms with Crippen molar-refractivity contribution < 1.29 is 13.2 Å². The second-order valence-electron chi connectivity index (χ2n) is 6.52. The summed E-state index contributed by atoms with van der Waals surface area (Å²) in [4.78, 5) is 12.8. The number of carbonyl (C=O) groups is 1. The Morgan fingerprint density at radius 3 is 2.38 bits per heavy atom. The highest BCUT2D eigenvalue weighted by Gasteiger charge is 2.16. The fraction of sp³-hybridized carbons (Fsp3) is 0.389. The van der Waals surface area contributed by atoms with E-state index in [1.807, 2.05) is 18.2 Å². The molecule has 0 unspecified atom stereocenters. The van der Waals surface area contributed by atoms with Crippen LogP contribution in [0.25, 0.3) is 0 Å². The lowest BCUT2D eigenvalue weighted by Gasteiger charge is -2.21. The van der Waals surface area contributed by atoms with E-state index in [9.17, 15) is 13.2 Å². The van der Waals surface area contributed by atoms with Crippen molar-refractivity contribution in [3.8, 4) is 0 Å². The van der Waals surface area contributed by atoms with Gasteiger partial charge in [0.15, 0.2) is 0 Å². The van der Waals surface area contributed by atoms with Gasteiger partial charge in [0.1, 0.15) is 4.21 Å². The molecule has 2 aromatic rings. The normalized spacial score (nSPS) is 12.8. The number of urea groups is 1. The Bertz CT molecular complexity index is 817. The number of sulfonamides is 1. The predicted molar refractivity (Wildman–Crippen MR) is 104 cm³/mol. The molecule has 1 heterocycles. The summed E-state index contributed by atoms with van der Waals surface area (Å²) < 4.78 is 22.6. The van der Waals surface area contributed by atoms with E-state index < -0.39 is 10.0 Å². The average Bonchev–Trinajstić information content (AvgIpc) is 3.07. The first-order valence-corrected chi connectivity index (χ1v) is 10.8. The first-order chi connectivity index (χ1) is 12.3. The van der Waals surface area contributed by atoms with E-state index in [4.69, 9.17) is 5.14 Å². The number of amides is 2. The van der Waals surface area contributed by atoms with E-state index in [-0.39, 0.29) is 16.8 Å². The second-order valence-corrected chi connectivity index (χ2v) is 9.48. The highest BCUT2D eigenvalue weighted by molar-refractivity contribution is 7.91. The van der Waals surface area contributed by atoms with Crippen LogP contribution in [0, 0.1) is 11.8 Å². The number of hydrogen-bond acceptors (Lipinski definition) is 4. The summed E-state index contributed by atoms with van der Waals surface area (Å²) in [6.45, 7) is 5.13. The van der Waals surface area contributed by atoms with Gasteiger partial charge in [0.2, 0.25) is 10.0 Å². The van der Waals surface area contributed by atoms with Crippen molar-refractivity contribution >= 4 is 27.4 Å². The summed E-state index contributed by atoms with van der Waals surface area (Å²) in [5.74, 6) is 0.768. The van der Waals surface area contributed by atoms with Gasteiger partial charge in [-0.05, 0) is 36.0 Å². The average molecular weight is 396 g/mol. The van der Waals surface area contributed by atoms with Crippen LogP contribution in [0.15, 0.2) is 46.7 Å². The van der Waals surface area contributed by atoms with Crippen LogP contribution in [0.3, 0.4) is 0 Å². The van der Waals surface area contributed by atoms with Crippen LogP contribution < -0.4 is 15.8 Å². The van der Waals surface area contributed by atoms with Gasteiger partial charge in [-0.2, -0.15) is 0 Å². The molecule has 6 nitrogen and oxygen atoms in total. The highest BCUT2D eigenvalue weighted by atomic mass is 32.2. The third-order valence-electron chi connectivity index (χ3n) is 4.15. The Kier molecular flexibility index (Phi) is 7.19. The first kappa shape index (κ1) is 20.4. The lowest BCUT2D eigenvalue weighted by molar-refractivity contribution is 0.236. The van der Waals surface area contributed by atoms with Crippen LogP contribution in [0.2, 0.25) is 0 Å². The highest BCUT2D eigenvalue weighted by Crippen LogP contribution is 2.20. The Balaban J connectivity index is 1.81. The molecule has 4 N–H and O–H groups in total. The quantitative estimate of drug-likeness (QED) is 0.640. The number of thiophene rings is 1. The number of carbonyl (C=O) groups excluding carboxylic acids is 1. The van der Waals surface area contributed by atoms with E-state index >= 15 is 0 Å². The Hall–Kier alpha value is -1.90. The van der Waals surface area contributed by atoms with Crippen molar-refractivity contribution in [3.63, 3.8) is 0 Å². The van der Waals surface area contributed by atoms with Gasteiger partial charge in [-0.15, -0.1) is 11.3 Å². The van der Waals surface area contributed by atoms with Crippen LogP contribution in [0.4, 0.5) is 4.79 Å². The van der Waals surface area contributed by atoms with Crippen molar-refractivity contribution in [2.24, 2.45) is 17.0 Å². The molecule has 26 heavy (non-hydrogen) atoms. The summed E-state index contributed by atoms with van der Waals surface area (Å²) in [7, 11) is -3.69. The smallest absolute Gasteiger partial charge is 0.315 e. The maximum absolute atomic E-state index is 12.0. The van der Waals surface area contributed by atoms with Crippen LogP contribution in [-0.2, 0) is 23.0 Å². The minimum Gasteiger partial charge on any atom is -0.338 e. The molecule has 0 aliphatic rings. The van der Waals surface area contributed by atoms with Gasteiger partial charge in [0.25, 0.3) is 0 Å². The number of primary sulfonamides is 1. The van der Waals surface area contributed by atoms with E-state index in [0.29, 0.717) is 18.4 Å². The molecule has 0 bridgehead atoms. The molecule has 0 spiro atoms. The van der Waals surface area contributed by atoms with Crippen molar-refractivity contribution in [1.82, 2.24) is 10.6 Å². The van der Waals surface area contributed by atoms with E-state index in [2.05, 4.69) is 36.6 Å². The van der Waals surface area contributed by atoms with E-state index in [1.165, 1.54) is 11.6 Å². The standard InChI is InChI=1S/C18H25N3O3S2/c1-13(2)15(10-14-6-4-3-5-7-14)11-20-18(22)21-12-16-8-9-17(25-16)26(19,23)24/h3-9,13,15H,10-12H2,1-2H3,(H2,19,23,24)(H2,20,21,22)/t15-/m0/s1. The molecule has 8 heteroatoms. The molecule has 0 saturated heterocycles. The molecule has 0 saturated carbocycles. The SMILES string of the molecule is CC(C)[C@H](CNC(=O)NCc1ccc(S(N)(=O)=O)s1)Cc1ccccc1. The molecule has 2 rings (SSSR count). The van der Waals surface area contributed by atoms with Crippen LogP contribution >= 0.6 is 11.3 Å². The fourth-order valence-corrected chi connectivity index (χ4v) is 4.24. The minimum absolute atomic E-state index is 0.0949. The van der Waals surface area contributed by atoms with Crippen molar-refractivity contribution in [2.45, 2.75) is 31.0 Å². The molecule has 0 radical (unpaired) electrons. The van der Waals surface area contributed by atoms with Gasteiger partial charge >= 0.3 is 6.03 Å². The summed E-state index contributed by atoms with van der Waals surface area (Å²) in [6.07, 6.45) is 0.904. The summed E-state index contributed by atoms with van der Waals surface area (Å²) in [5, 5.41) is 10.7. The zero-order chi connectivity index (χ0) is 19.2. The molecule has 2 amide bonds. The van der Waals surface area contributed by atoms with Crippen LogP contribution in [-0.4, -0.2) is 21.0 Å². The molecule has 1 aromatic heterocycles. The number of rotatable bonds is 8. The predicted octanol–water partition coefficient (Wildman–Crippen LogP) is 2.71. The Morgan fingerprint density at radius 1 is 1.12 bits per heavy atom. The van der Waals surface area contributed by atoms with Crippen molar-refractivity contribution in [3.05, 3.63) is 52.9 Å². The van der Waals surface area contributed by atoms with Crippen molar-refractivity contribution in [1.29, 1.82) is 0 Å². The van der Waals surface area contributed by atoms with E-state index in [1.54, 1.807) is 6.07 Å². The van der Waals surface area contributed by atoms with Gasteiger partial charge in [-0.25, -0.2) is 18.4 Å². The number of hydrogen-bond donors (Lipinski definition) is 3. The molecule has 1 atom stereocenters. The maximum Gasteiger partial charge on any atom is 0.315 e. The zero-order valence-corrected chi connectivity index (χ0v) is 16.6. The lowest BCUT2D eigenvalue weighted by Crippen LogP contribution is -2.39. The van der Waals surface area contributed by atoms with Gasteiger partial charge < -0.3 is 10.6 Å². The number of nitrogens with two attached hydrogens (primary N) is 1. The molecule has 1 aromatic carbocycles. The molecule has 0 aliphatic carbocycles. The van der Waals surface area contributed by atoms with Gasteiger partial charge in [0, 0.05) is 11.4 Å². The largest absolute Gasteiger partial charge is 0.338 e. The maximum atomic E-state index is 12.0. The molecule has 142 valence electrons. The third-order valence-corrected chi connectivity index (χ3v) is 6.67. The summed E-state index contributed by atoms with van der Waals surface area (Å²) in [6, 6.07) is 13.0. The topological polar surface area (TPSA) is 101 Å². The summed E-state index contributed by atoms with van der Waals surface area (Å²) in [5.41, 5.74) is 1.25.